The number of benzene rings is 1. The monoisotopic (exact) mass is 446 g/mol. The maximum atomic E-state index is 12.6. The van der Waals surface area contributed by atoms with Gasteiger partial charge in [0, 0.05) is 18.8 Å². The second-order valence-electron chi connectivity index (χ2n) is 7.41. The first-order valence-electron chi connectivity index (χ1n) is 9.56. The summed E-state index contributed by atoms with van der Waals surface area (Å²) in [6, 6.07) is 7.94. The van der Waals surface area contributed by atoms with Crippen molar-refractivity contribution in [2.75, 3.05) is 18.8 Å². The molecule has 1 amide bonds. The van der Waals surface area contributed by atoms with Crippen LogP contribution in [0.25, 0.3) is 16.0 Å². The number of hydrogen-bond acceptors (Lipinski definition) is 6. The molecule has 1 aliphatic rings. The number of rotatable bonds is 4. The lowest BCUT2D eigenvalue weighted by Gasteiger charge is -2.30. The van der Waals surface area contributed by atoms with Gasteiger partial charge in [-0.1, -0.05) is 47.7 Å². The van der Waals surface area contributed by atoms with Crippen molar-refractivity contribution in [2.45, 2.75) is 31.8 Å². The van der Waals surface area contributed by atoms with Gasteiger partial charge in [0.05, 0.1) is 5.75 Å². The number of fused-ring (bicyclic) bond motifs is 1. The summed E-state index contributed by atoms with van der Waals surface area (Å²) >= 11 is 8.01. The van der Waals surface area contributed by atoms with Gasteiger partial charge in [0.2, 0.25) is 5.91 Å². The summed E-state index contributed by atoms with van der Waals surface area (Å²) in [5.74, 6) is 1.03. The predicted molar refractivity (Wildman–Crippen MR) is 121 cm³/mol. The summed E-state index contributed by atoms with van der Waals surface area (Å²) in [6.07, 6.45) is 2.09. The Morgan fingerprint density at radius 3 is 2.69 bits per heavy atom. The van der Waals surface area contributed by atoms with Gasteiger partial charge in [0.1, 0.15) is 4.70 Å². The number of likely N-dealkylation sites (tertiary alicyclic amines) is 1. The first kappa shape index (κ1) is 20.3. The van der Waals surface area contributed by atoms with Crippen LogP contribution in [0.3, 0.4) is 0 Å². The summed E-state index contributed by atoms with van der Waals surface area (Å²) in [6.45, 7) is 5.85. The molecule has 152 valence electrons. The number of piperidine rings is 1. The van der Waals surface area contributed by atoms with Crippen molar-refractivity contribution in [1.82, 2.24) is 19.4 Å². The highest BCUT2D eigenvalue weighted by molar-refractivity contribution is 7.99. The minimum absolute atomic E-state index is 0.0883. The molecule has 0 radical (unpaired) electrons. The van der Waals surface area contributed by atoms with Crippen LogP contribution >= 0.6 is 35.3 Å². The molecule has 3 heterocycles. The van der Waals surface area contributed by atoms with Crippen molar-refractivity contribution >= 4 is 51.6 Å². The molecule has 3 aromatic rings. The molecule has 1 N–H and O–H groups in total. The van der Waals surface area contributed by atoms with Crippen LogP contribution in [0.1, 0.15) is 25.3 Å². The fourth-order valence-electron chi connectivity index (χ4n) is 3.36. The third kappa shape index (κ3) is 4.31. The predicted octanol–water partition coefficient (Wildman–Crippen LogP) is 4.16. The van der Waals surface area contributed by atoms with Gasteiger partial charge in [-0.05, 0) is 50.0 Å². The van der Waals surface area contributed by atoms with Crippen LogP contribution in [-0.4, -0.2) is 44.2 Å². The van der Waals surface area contributed by atoms with E-state index in [-0.39, 0.29) is 17.2 Å². The van der Waals surface area contributed by atoms with Gasteiger partial charge in [-0.15, -0.1) is 0 Å². The van der Waals surface area contributed by atoms with E-state index in [1.54, 1.807) is 0 Å². The summed E-state index contributed by atoms with van der Waals surface area (Å²) in [5, 5.41) is 0.440. The fourth-order valence-corrected chi connectivity index (χ4v) is 5.39. The number of H-pyrrole nitrogens is 1. The molecule has 0 saturated carbocycles. The molecule has 9 heteroatoms. The van der Waals surface area contributed by atoms with Gasteiger partial charge >= 0.3 is 0 Å². The summed E-state index contributed by atoms with van der Waals surface area (Å²) in [7, 11) is 0. The van der Waals surface area contributed by atoms with E-state index in [4.69, 9.17) is 12.2 Å². The highest BCUT2D eigenvalue weighted by Crippen LogP contribution is 2.25. The Labute approximate surface area is 182 Å². The Bertz CT molecular complexity index is 1160. The third-order valence-electron chi connectivity index (χ3n) is 5.18. The summed E-state index contributed by atoms with van der Waals surface area (Å²) in [4.78, 5) is 34.4. The van der Waals surface area contributed by atoms with Crippen LogP contribution in [0.15, 0.2) is 34.2 Å². The first-order valence-corrected chi connectivity index (χ1v) is 11.8. The number of hydrogen-bond donors (Lipinski definition) is 1. The number of amides is 1. The van der Waals surface area contributed by atoms with E-state index in [2.05, 4.69) is 16.9 Å². The van der Waals surface area contributed by atoms with E-state index in [0.29, 0.717) is 25.4 Å². The van der Waals surface area contributed by atoms with Gasteiger partial charge in [0.25, 0.3) is 5.56 Å². The van der Waals surface area contributed by atoms with Gasteiger partial charge in [-0.3, -0.25) is 14.2 Å². The molecule has 0 bridgehead atoms. The Balaban J connectivity index is 1.60. The number of nitrogens with one attached hydrogen (secondary N) is 1. The molecule has 0 spiro atoms. The average molecular weight is 447 g/mol. The number of aromatic nitrogens is 3. The highest BCUT2D eigenvalue weighted by Gasteiger charge is 2.21. The van der Waals surface area contributed by atoms with E-state index in [9.17, 15) is 9.59 Å². The van der Waals surface area contributed by atoms with E-state index < -0.39 is 0 Å². The zero-order chi connectivity index (χ0) is 20.5. The van der Waals surface area contributed by atoms with Crippen LogP contribution in [0.2, 0.25) is 0 Å². The lowest BCUT2D eigenvalue weighted by Crippen LogP contribution is -2.38. The molecule has 1 fully saturated rings. The van der Waals surface area contributed by atoms with Crippen LogP contribution in [0, 0.1) is 16.8 Å². The molecule has 6 nitrogen and oxygen atoms in total. The second kappa shape index (κ2) is 8.41. The minimum atomic E-state index is -0.223. The van der Waals surface area contributed by atoms with E-state index in [0.717, 1.165) is 37.2 Å². The fraction of sp³-hybridized carbons (Fsp3) is 0.400. The van der Waals surface area contributed by atoms with Crippen LogP contribution in [-0.2, 0) is 4.79 Å². The Hall–Kier alpha value is -1.97. The topological polar surface area (TPSA) is 71.0 Å². The highest BCUT2D eigenvalue weighted by atomic mass is 32.2. The van der Waals surface area contributed by atoms with Crippen molar-refractivity contribution in [2.24, 2.45) is 5.92 Å². The number of carbonyl (C=O) groups excluding carboxylic acids is 1. The Morgan fingerprint density at radius 2 is 2.00 bits per heavy atom. The molecule has 0 unspecified atom stereocenters. The Morgan fingerprint density at radius 1 is 1.31 bits per heavy atom. The quantitative estimate of drug-likeness (QED) is 0.370. The third-order valence-corrected chi connectivity index (χ3v) is 7.40. The number of aromatic amines is 1. The molecule has 1 aromatic carbocycles. The number of aryl methyl sites for hydroxylation is 1. The molecule has 1 saturated heterocycles. The van der Waals surface area contributed by atoms with Crippen molar-refractivity contribution in [1.29, 1.82) is 0 Å². The van der Waals surface area contributed by atoms with Crippen LogP contribution in [0.4, 0.5) is 0 Å². The molecule has 29 heavy (non-hydrogen) atoms. The molecule has 0 aliphatic carbocycles. The van der Waals surface area contributed by atoms with Gasteiger partial charge in [-0.25, -0.2) is 4.98 Å². The molecular formula is C20H22N4O2S3. The molecule has 1 aliphatic heterocycles. The zero-order valence-electron chi connectivity index (χ0n) is 16.3. The maximum Gasteiger partial charge on any atom is 0.271 e. The molecular weight excluding hydrogens is 424 g/mol. The Kier molecular flexibility index (Phi) is 5.89. The van der Waals surface area contributed by atoms with Crippen LogP contribution < -0.4 is 5.56 Å². The standard InChI is InChI=1S/C20H22N4O2S3/c1-12-3-5-14(6-4-12)24-17-16(29-20(24)27)18(26)22-19(21-17)28-11-15(25)23-9-7-13(2)8-10-23/h3-6,13H,7-11H2,1-2H3,(H,21,22,26). The van der Waals surface area contributed by atoms with Crippen molar-refractivity contribution in [3.05, 3.63) is 44.1 Å². The molecule has 0 atom stereocenters. The number of thioether (sulfide) groups is 1. The average Bonchev–Trinajstić information content (AvgIpc) is 3.04. The van der Waals surface area contributed by atoms with E-state index in [1.807, 2.05) is 40.7 Å². The second-order valence-corrected chi connectivity index (χ2v) is 10.0. The van der Waals surface area contributed by atoms with Crippen molar-refractivity contribution in [3.63, 3.8) is 0 Å². The lowest BCUT2D eigenvalue weighted by atomic mass is 9.99. The zero-order valence-corrected chi connectivity index (χ0v) is 18.8. The summed E-state index contributed by atoms with van der Waals surface area (Å²) < 4.78 is 2.89. The van der Waals surface area contributed by atoms with E-state index >= 15 is 0 Å². The normalized spacial score (nSPS) is 15.2. The van der Waals surface area contributed by atoms with Gasteiger partial charge in [-0.2, -0.15) is 0 Å². The van der Waals surface area contributed by atoms with E-state index in [1.165, 1.54) is 23.1 Å². The molecule has 2 aromatic heterocycles. The summed E-state index contributed by atoms with van der Waals surface area (Å²) in [5.41, 5.74) is 2.33. The largest absolute Gasteiger partial charge is 0.342 e. The number of carbonyl (C=O) groups is 1. The van der Waals surface area contributed by atoms with Gasteiger partial charge in [0.15, 0.2) is 14.8 Å². The lowest BCUT2D eigenvalue weighted by molar-refractivity contribution is -0.129. The SMILES string of the molecule is Cc1ccc(-n2c(=S)sc3c(=O)[nH]c(SCC(=O)N4CCC(C)CC4)nc32)cc1. The van der Waals surface area contributed by atoms with Crippen LogP contribution in [0.5, 0.6) is 0 Å². The minimum Gasteiger partial charge on any atom is -0.342 e. The smallest absolute Gasteiger partial charge is 0.271 e. The van der Waals surface area contributed by atoms with Gasteiger partial charge < -0.3 is 9.88 Å². The van der Waals surface area contributed by atoms with Crippen molar-refractivity contribution in [3.8, 4) is 5.69 Å². The van der Waals surface area contributed by atoms with Crippen molar-refractivity contribution < 1.29 is 4.79 Å². The number of thiazole rings is 1. The number of nitrogens with zero attached hydrogens (tertiary/aromatic N) is 3. The first-order chi connectivity index (χ1) is 13.9. The maximum absolute atomic E-state index is 12.6. The molecule has 4 rings (SSSR count).